The van der Waals surface area contributed by atoms with Crippen molar-refractivity contribution in [2.75, 3.05) is 13.1 Å². The number of aliphatic imine (C=N–C) groups is 1. The molecule has 1 aromatic rings. The zero-order valence-electron chi connectivity index (χ0n) is 11.7. The summed E-state index contributed by atoms with van der Waals surface area (Å²) in [6.45, 7) is 1.41. The molecular formula is C16H16N4O. The molecule has 0 unspecified atom stereocenters. The van der Waals surface area contributed by atoms with Crippen LogP contribution in [0.1, 0.15) is 30.4 Å². The van der Waals surface area contributed by atoms with Gasteiger partial charge in [0.15, 0.2) is 0 Å². The molecule has 0 spiro atoms. The van der Waals surface area contributed by atoms with Crippen LogP contribution in [0.5, 0.6) is 0 Å². The largest absolute Gasteiger partial charge is 0.383 e. The van der Waals surface area contributed by atoms with E-state index in [2.05, 4.69) is 4.99 Å². The second-order valence-electron chi connectivity index (χ2n) is 5.23. The van der Waals surface area contributed by atoms with E-state index in [4.69, 9.17) is 5.73 Å². The monoisotopic (exact) mass is 280 g/mol. The fourth-order valence-electron chi connectivity index (χ4n) is 2.80. The Morgan fingerprint density at radius 3 is 2.52 bits per heavy atom. The zero-order chi connectivity index (χ0) is 14.8. The van der Waals surface area contributed by atoms with E-state index in [1.807, 2.05) is 30.3 Å². The first kappa shape index (κ1) is 13.4. The van der Waals surface area contributed by atoms with Crippen LogP contribution < -0.4 is 5.73 Å². The lowest BCUT2D eigenvalue weighted by atomic mass is 10.0. The molecule has 0 radical (unpaired) electrons. The predicted octanol–water partition coefficient (Wildman–Crippen LogP) is 1.65. The van der Waals surface area contributed by atoms with Gasteiger partial charge in [0.1, 0.15) is 17.5 Å². The summed E-state index contributed by atoms with van der Waals surface area (Å²) in [6, 6.07) is 9.44. The standard InChI is InChI=1S/C16H16N4O/c17-10-13(16(21)20-8-4-1-5-9-20)14-11-6-2-3-7-12(11)15(18)19-14/h2-3,6-7H,1,4-5,8-9H2,(H2,18,19)/b14-13-. The quantitative estimate of drug-likeness (QED) is 0.627. The van der Waals surface area contributed by atoms with E-state index in [0.29, 0.717) is 24.6 Å². The lowest BCUT2D eigenvalue weighted by molar-refractivity contribution is -0.127. The number of carbonyl (C=O) groups excluding carboxylic acids is 1. The fourth-order valence-corrected chi connectivity index (χ4v) is 2.80. The highest BCUT2D eigenvalue weighted by molar-refractivity contribution is 6.14. The average Bonchev–Trinajstić information content (AvgIpc) is 2.86. The number of likely N-dealkylation sites (tertiary alicyclic amines) is 1. The highest BCUT2D eigenvalue weighted by Gasteiger charge is 2.28. The van der Waals surface area contributed by atoms with Crippen LogP contribution in [0.2, 0.25) is 0 Å². The normalized spacial score (nSPS) is 19.6. The van der Waals surface area contributed by atoms with Crippen molar-refractivity contribution >= 4 is 17.4 Å². The van der Waals surface area contributed by atoms with Gasteiger partial charge in [0.05, 0.1) is 5.70 Å². The van der Waals surface area contributed by atoms with Gasteiger partial charge in [0, 0.05) is 24.2 Å². The van der Waals surface area contributed by atoms with E-state index < -0.39 is 0 Å². The topological polar surface area (TPSA) is 82.5 Å². The third kappa shape index (κ3) is 2.29. The minimum absolute atomic E-state index is 0.0878. The lowest BCUT2D eigenvalue weighted by Gasteiger charge is -2.26. The van der Waals surface area contributed by atoms with Crippen molar-refractivity contribution in [2.24, 2.45) is 10.7 Å². The van der Waals surface area contributed by atoms with E-state index in [0.717, 1.165) is 30.4 Å². The molecule has 21 heavy (non-hydrogen) atoms. The molecule has 5 heteroatoms. The maximum absolute atomic E-state index is 12.6. The Hall–Kier alpha value is -2.61. The number of benzene rings is 1. The Bertz CT molecular complexity index is 690. The van der Waals surface area contributed by atoms with Crippen LogP contribution in [0.3, 0.4) is 0 Å². The third-order valence-electron chi connectivity index (χ3n) is 3.90. The van der Waals surface area contributed by atoms with Crippen LogP contribution in [-0.2, 0) is 4.79 Å². The highest BCUT2D eigenvalue weighted by Crippen LogP contribution is 2.30. The molecule has 0 bridgehead atoms. The van der Waals surface area contributed by atoms with E-state index in [1.54, 1.807) is 4.90 Å². The summed E-state index contributed by atoms with van der Waals surface area (Å²) < 4.78 is 0. The number of amides is 1. The van der Waals surface area contributed by atoms with E-state index in [-0.39, 0.29) is 11.5 Å². The molecule has 0 atom stereocenters. The van der Waals surface area contributed by atoms with Crippen LogP contribution in [0.15, 0.2) is 34.8 Å². The second-order valence-corrected chi connectivity index (χ2v) is 5.23. The van der Waals surface area contributed by atoms with Crippen LogP contribution >= 0.6 is 0 Å². The third-order valence-corrected chi connectivity index (χ3v) is 3.90. The van der Waals surface area contributed by atoms with Gasteiger partial charge in [-0.25, -0.2) is 4.99 Å². The summed E-state index contributed by atoms with van der Waals surface area (Å²) in [6.07, 6.45) is 3.11. The number of carbonyl (C=O) groups is 1. The molecule has 1 saturated heterocycles. The fraction of sp³-hybridized carbons (Fsp3) is 0.312. The van der Waals surface area contributed by atoms with E-state index >= 15 is 0 Å². The number of nitrogens with zero attached hydrogens (tertiary/aromatic N) is 3. The molecule has 0 aliphatic carbocycles. The van der Waals surface area contributed by atoms with Gasteiger partial charge in [0.2, 0.25) is 0 Å². The summed E-state index contributed by atoms with van der Waals surface area (Å²) in [5, 5.41) is 9.43. The molecule has 0 aromatic heterocycles. The average molecular weight is 280 g/mol. The molecule has 1 aromatic carbocycles. The number of piperidine rings is 1. The summed E-state index contributed by atoms with van der Waals surface area (Å²) in [5.41, 5.74) is 7.93. The van der Waals surface area contributed by atoms with Gasteiger partial charge >= 0.3 is 0 Å². The first-order valence-corrected chi connectivity index (χ1v) is 7.10. The number of hydrogen-bond acceptors (Lipinski definition) is 4. The number of fused-ring (bicyclic) bond motifs is 1. The number of hydrogen-bond donors (Lipinski definition) is 1. The highest BCUT2D eigenvalue weighted by atomic mass is 16.2. The van der Waals surface area contributed by atoms with Crippen molar-refractivity contribution in [1.82, 2.24) is 4.90 Å². The lowest BCUT2D eigenvalue weighted by Crippen LogP contribution is -2.36. The van der Waals surface area contributed by atoms with Crippen LogP contribution in [-0.4, -0.2) is 29.7 Å². The van der Waals surface area contributed by atoms with Crippen molar-refractivity contribution in [1.29, 1.82) is 5.26 Å². The number of rotatable bonds is 1. The number of nitrogens with two attached hydrogens (primary N) is 1. The van der Waals surface area contributed by atoms with Gasteiger partial charge in [0.25, 0.3) is 5.91 Å². The second kappa shape index (κ2) is 5.41. The van der Waals surface area contributed by atoms with Crippen LogP contribution in [0, 0.1) is 11.3 Å². The molecule has 1 amide bonds. The zero-order valence-corrected chi connectivity index (χ0v) is 11.7. The first-order valence-electron chi connectivity index (χ1n) is 7.10. The summed E-state index contributed by atoms with van der Waals surface area (Å²) >= 11 is 0. The molecule has 2 aliphatic heterocycles. The van der Waals surface area contributed by atoms with Gasteiger partial charge in [-0.1, -0.05) is 24.3 Å². The van der Waals surface area contributed by atoms with Crippen molar-refractivity contribution < 1.29 is 4.79 Å². The first-order chi connectivity index (χ1) is 10.2. The van der Waals surface area contributed by atoms with Gasteiger partial charge < -0.3 is 10.6 Å². The Morgan fingerprint density at radius 1 is 1.19 bits per heavy atom. The van der Waals surface area contributed by atoms with Crippen molar-refractivity contribution in [3.63, 3.8) is 0 Å². The summed E-state index contributed by atoms with van der Waals surface area (Å²) in [7, 11) is 0. The molecule has 1 fully saturated rings. The Morgan fingerprint density at radius 2 is 1.86 bits per heavy atom. The smallest absolute Gasteiger partial charge is 0.266 e. The van der Waals surface area contributed by atoms with Gasteiger partial charge in [-0.3, -0.25) is 4.79 Å². The summed E-state index contributed by atoms with van der Waals surface area (Å²) in [4.78, 5) is 18.6. The van der Waals surface area contributed by atoms with Gasteiger partial charge in [-0.05, 0) is 19.3 Å². The molecule has 106 valence electrons. The SMILES string of the molecule is N#C/C(C(=O)N1CCCCC1)=C1/N=C(N)c2ccccc21. The number of nitriles is 1. The molecule has 0 saturated carbocycles. The van der Waals surface area contributed by atoms with Crippen LogP contribution in [0.4, 0.5) is 0 Å². The van der Waals surface area contributed by atoms with E-state index in [1.165, 1.54) is 0 Å². The summed E-state index contributed by atoms with van der Waals surface area (Å²) in [5.74, 6) is 0.125. The maximum Gasteiger partial charge on any atom is 0.266 e. The number of amidine groups is 1. The molecule has 2 N–H and O–H groups in total. The Balaban J connectivity index is 2.04. The molecule has 2 heterocycles. The Labute approximate surface area is 123 Å². The van der Waals surface area contributed by atoms with Gasteiger partial charge in [-0.2, -0.15) is 5.26 Å². The molecule has 5 nitrogen and oxygen atoms in total. The maximum atomic E-state index is 12.6. The van der Waals surface area contributed by atoms with Crippen molar-refractivity contribution in [2.45, 2.75) is 19.3 Å². The minimum Gasteiger partial charge on any atom is -0.383 e. The van der Waals surface area contributed by atoms with Crippen molar-refractivity contribution in [3.05, 3.63) is 41.0 Å². The minimum atomic E-state index is -0.236. The van der Waals surface area contributed by atoms with Crippen LogP contribution in [0.25, 0.3) is 5.70 Å². The van der Waals surface area contributed by atoms with E-state index in [9.17, 15) is 10.1 Å². The predicted molar refractivity (Wildman–Crippen MR) is 80.1 cm³/mol. The van der Waals surface area contributed by atoms with Crippen molar-refractivity contribution in [3.8, 4) is 6.07 Å². The Kier molecular flexibility index (Phi) is 3.44. The molecule has 3 rings (SSSR count). The molecule has 2 aliphatic rings. The van der Waals surface area contributed by atoms with Gasteiger partial charge in [-0.15, -0.1) is 0 Å². The molecular weight excluding hydrogens is 264 g/mol.